The van der Waals surface area contributed by atoms with E-state index >= 15 is 0 Å². The molecule has 8 nitrogen and oxygen atoms in total. The lowest BCUT2D eigenvalue weighted by molar-refractivity contribution is -0.136. The van der Waals surface area contributed by atoms with Crippen molar-refractivity contribution in [3.63, 3.8) is 0 Å². The monoisotopic (exact) mass is 426 g/mol. The zero-order chi connectivity index (χ0) is 21.8. The number of ether oxygens (including phenoxy) is 1. The summed E-state index contributed by atoms with van der Waals surface area (Å²) in [7, 11) is 3.85. The van der Waals surface area contributed by atoms with Crippen molar-refractivity contribution < 1.29 is 9.53 Å². The number of piperidine rings is 1. The molecule has 1 fully saturated rings. The number of aromatic nitrogens is 3. The number of aryl methyl sites for hydroxylation is 1. The maximum Gasteiger partial charge on any atom is 0.237 e. The van der Waals surface area contributed by atoms with Gasteiger partial charge in [-0.3, -0.25) is 14.7 Å². The standard InChI is InChI=1S/C23H34N6O2/c1-18-14-21(4-8-24-18)29-16-19-15-27(11-7-22(19)25-29)17-23(30)28(12-13-31-3)20-5-9-26(2)10-6-20/h4,8,14,16,20H,5-7,9-13,15,17H2,1-3H3. The zero-order valence-corrected chi connectivity index (χ0v) is 19.0. The van der Waals surface area contributed by atoms with Gasteiger partial charge in [-0.1, -0.05) is 0 Å². The molecule has 0 saturated carbocycles. The summed E-state index contributed by atoms with van der Waals surface area (Å²) in [5.74, 6) is 0.215. The Kier molecular flexibility index (Phi) is 6.99. The number of hydrogen-bond donors (Lipinski definition) is 0. The molecule has 0 aromatic carbocycles. The SMILES string of the molecule is COCCN(C(=O)CN1CCc2nn(-c3ccnc(C)c3)cc2C1)C1CCN(C)CC1. The van der Waals surface area contributed by atoms with Crippen LogP contribution in [0.1, 0.15) is 29.8 Å². The molecule has 1 saturated heterocycles. The summed E-state index contributed by atoms with van der Waals surface area (Å²) in [6.45, 7) is 7.40. The molecule has 8 heteroatoms. The predicted octanol–water partition coefficient (Wildman–Crippen LogP) is 1.50. The third kappa shape index (κ3) is 5.31. The highest BCUT2D eigenvalue weighted by Gasteiger charge is 2.29. The van der Waals surface area contributed by atoms with Crippen molar-refractivity contribution in [2.75, 3.05) is 53.5 Å². The van der Waals surface area contributed by atoms with E-state index in [-0.39, 0.29) is 5.91 Å². The first kappa shape index (κ1) is 21.9. The van der Waals surface area contributed by atoms with E-state index < -0.39 is 0 Å². The van der Waals surface area contributed by atoms with E-state index in [4.69, 9.17) is 9.84 Å². The fourth-order valence-corrected chi connectivity index (χ4v) is 4.60. The Bertz CT molecular complexity index is 890. The molecule has 4 rings (SSSR count). The Morgan fingerprint density at radius 2 is 2.10 bits per heavy atom. The van der Waals surface area contributed by atoms with E-state index in [2.05, 4.69) is 32.9 Å². The van der Waals surface area contributed by atoms with Crippen molar-refractivity contribution in [1.82, 2.24) is 29.5 Å². The number of hydrogen-bond acceptors (Lipinski definition) is 6. The topological polar surface area (TPSA) is 66.7 Å². The first-order chi connectivity index (χ1) is 15.0. The number of pyridine rings is 1. The summed E-state index contributed by atoms with van der Waals surface area (Å²) < 4.78 is 7.23. The van der Waals surface area contributed by atoms with E-state index in [1.165, 1.54) is 5.56 Å². The van der Waals surface area contributed by atoms with Gasteiger partial charge in [-0.15, -0.1) is 0 Å². The van der Waals surface area contributed by atoms with Gasteiger partial charge in [0.2, 0.25) is 5.91 Å². The van der Waals surface area contributed by atoms with Crippen LogP contribution in [0.15, 0.2) is 24.5 Å². The van der Waals surface area contributed by atoms with Crippen LogP contribution in [0.2, 0.25) is 0 Å². The van der Waals surface area contributed by atoms with Gasteiger partial charge in [0.25, 0.3) is 0 Å². The largest absolute Gasteiger partial charge is 0.383 e. The fraction of sp³-hybridized carbons (Fsp3) is 0.609. The average molecular weight is 427 g/mol. The number of fused-ring (bicyclic) bond motifs is 1. The smallest absolute Gasteiger partial charge is 0.237 e. The van der Waals surface area contributed by atoms with Crippen LogP contribution in [0.3, 0.4) is 0 Å². The van der Waals surface area contributed by atoms with Gasteiger partial charge in [-0.25, -0.2) is 4.68 Å². The minimum Gasteiger partial charge on any atom is -0.383 e. The zero-order valence-electron chi connectivity index (χ0n) is 19.0. The van der Waals surface area contributed by atoms with Crippen molar-refractivity contribution in [1.29, 1.82) is 0 Å². The molecule has 0 bridgehead atoms. The van der Waals surface area contributed by atoms with E-state index in [1.807, 2.05) is 29.9 Å². The number of methoxy groups -OCH3 is 1. The Hall–Kier alpha value is -2.29. The third-order valence-electron chi connectivity index (χ3n) is 6.43. The molecule has 0 unspecified atom stereocenters. The van der Waals surface area contributed by atoms with E-state index in [0.717, 1.165) is 62.5 Å². The van der Waals surface area contributed by atoms with Gasteiger partial charge in [-0.2, -0.15) is 5.10 Å². The molecule has 0 aliphatic carbocycles. The molecule has 2 aromatic rings. The predicted molar refractivity (Wildman–Crippen MR) is 119 cm³/mol. The molecular formula is C23H34N6O2. The quantitative estimate of drug-likeness (QED) is 0.669. The normalized spacial score (nSPS) is 18.2. The molecule has 31 heavy (non-hydrogen) atoms. The van der Waals surface area contributed by atoms with E-state index in [9.17, 15) is 4.79 Å². The van der Waals surface area contributed by atoms with Gasteiger partial charge in [0.1, 0.15) is 0 Å². The summed E-state index contributed by atoms with van der Waals surface area (Å²) in [4.78, 5) is 24.2. The highest BCUT2D eigenvalue weighted by molar-refractivity contribution is 5.78. The molecule has 0 spiro atoms. The lowest BCUT2D eigenvalue weighted by Crippen LogP contribution is -2.51. The Balaban J connectivity index is 1.41. The van der Waals surface area contributed by atoms with E-state index in [0.29, 0.717) is 25.7 Å². The lowest BCUT2D eigenvalue weighted by Gasteiger charge is -2.38. The Labute approximate surface area is 184 Å². The Morgan fingerprint density at radius 3 is 2.84 bits per heavy atom. The van der Waals surface area contributed by atoms with Gasteiger partial charge < -0.3 is 14.5 Å². The molecule has 0 radical (unpaired) electrons. The molecule has 2 aliphatic heterocycles. The van der Waals surface area contributed by atoms with Crippen LogP contribution in [0.5, 0.6) is 0 Å². The van der Waals surface area contributed by atoms with E-state index in [1.54, 1.807) is 7.11 Å². The van der Waals surface area contributed by atoms with Gasteiger partial charge in [0.05, 0.1) is 24.5 Å². The maximum atomic E-state index is 13.3. The third-order valence-corrected chi connectivity index (χ3v) is 6.43. The average Bonchev–Trinajstić information content (AvgIpc) is 3.19. The first-order valence-electron chi connectivity index (χ1n) is 11.2. The second-order valence-corrected chi connectivity index (χ2v) is 8.78. The number of nitrogens with zero attached hydrogens (tertiary/aromatic N) is 6. The highest BCUT2D eigenvalue weighted by atomic mass is 16.5. The number of carbonyl (C=O) groups excluding carboxylic acids is 1. The van der Waals surface area contributed by atoms with Crippen LogP contribution in [0.25, 0.3) is 5.69 Å². The highest BCUT2D eigenvalue weighted by Crippen LogP contribution is 2.21. The number of rotatable bonds is 7. The van der Waals surface area contributed by atoms with Crippen molar-refractivity contribution >= 4 is 5.91 Å². The first-order valence-corrected chi connectivity index (χ1v) is 11.2. The minimum absolute atomic E-state index is 0.215. The molecule has 168 valence electrons. The van der Waals surface area contributed by atoms with Gasteiger partial charge in [-0.05, 0) is 52.0 Å². The summed E-state index contributed by atoms with van der Waals surface area (Å²) >= 11 is 0. The van der Waals surface area contributed by atoms with Crippen molar-refractivity contribution in [2.45, 2.75) is 38.8 Å². The van der Waals surface area contributed by atoms with Crippen LogP contribution in [0.4, 0.5) is 0 Å². The van der Waals surface area contributed by atoms with Gasteiger partial charge >= 0.3 is 0 Å². The van der Waals surface area contributed by atoms with Gasteiger partial charge in [0, 0.05) is 62.9 Å². The van der Waals surface area contributed by atoms with Gasteiger partial charge in [0.15, 0.2) is 0 Å². The summed E-state index contributed by atoms with van der Waals surface area (Å²) in [6, 6.07) is 4.33. The lowest BCUT2D eigenvalue weighted by atomic mass is 10.0. The molecule has 0 N–H and O–H groups in total. The molecule has 2 aliphatic rings. The van der Waals surface area contributed by atoms with Crippen molar-refractivity contribution in [3.05, 3.63) is 41.5 Å². The fourth-order valence-electron chi connectivity index (χ4n) is 4.60. The summed E-state index contributed by atoms with van der Waals surface area (Å²) in [5.41, 5.74) is 4.33. The maximum absolute atomic E-state index is 13.3. The van der Waals surface area contributed by atoms with Crippen LogP contribution >= 0.6 is 0 Å². The minimum atomic E-state index is 0.215. The van der Waals surface area contributed by atoms with Crippen LogP contribution in [-0.4, -0.2) is 94.9 Å². The molecule has 4 heterocycles. The number of likely N-dealkylation sites (tertiary alicyclic amines) is 1. The number of carbonyl (C=O) groups is 1. The molecule has 1 amide bonds. The molecular weight excluding hydrogens is 392 g/mol. The van der Waals surface area contributed by atoms with Crippen LogP contribution < -0.4 is 0 Å². The second kappa shape index (κ2) is 9.89. The number of amides is 1. The Morgan fingerprint density at radius 1 is 1.29 bits per heavy atom. The summed E-state index contributed by atoms with van der Waals surface area (Å²) in [6.07, 6.45) is 6.85. The van der Waals surface area contributed by atoms with Crippen molar-refractivity contribution in [3.8, 4) is 5.69 Å². The molecule has 2 aromatic heterocycles. The second-order valence-electron chi connectivity index (χ2n) is 8.78. The van der Waals surface area contributed by atoms with Crippen molar-refractivity contribution in [2.24, 2.45) is 0 Å². The molecule has 0 atom stereocenters. The summed E-state index contributed by atoms with van der Waals surface area (Å²) in [5, 5.41) is 4.78. The van der Waals surface area contributed by atoms with Crippen LogP contribution in [0, 0.1) is 6.92 Å². The van der Waals surface area contributed by atoms with Crippen LogP contribution in [-0.2, 0) is 22.5 Å².